The summed E-state index contributed by atoms with van der Waals surface area (Å²) in [7, 11) is -2.67. The second-order valence-corrected chi connectivity index (χ2v) is 29.7. The van der Waals surface area contributed by atoms with Crippen molar-refractivity contribution in [2.45, 2.75) is 116 Å². The summed E-state index contributed by atoms with van der Waals surface area (Å²) in [5.41, 5.74) is 5.61. The van der Waals surface area contributed by atoms with E-state index in [9.17, 15) is 4.79 Å². The molecule has 0 radical (unpaired) electrons. The molecule has 0 atom stereocenters. The lowest BCUT2D eigenvalue weighted by Crippen LogP contribution is -2.35. The van der Waals surface area contributed by atoms with Crippen LogP contribution in [-0.4, -0.2) is 80.6 Å². The smallest absolute Gasteiger partial charge is 0.309 e. The van der Waals surface area contributed by atoms with Crippen LogP contribution in [0, 0.1) is 5.92 Å². The molecule has 1 aromatic carbocycles. The molecule has 56 heavy (non-hydrogen) atoms. The van der Waals surface area contributed by atoms with Gasteiger partial charge >= 0.3 is 5.97 Å². The maximum atomic E-state index is 13.2. The highest BCUT2D eigenvalue weighted by Crippen LogP contribution is 2.43. The highest BCUT2D eigenvalue weighted by molar-refractivity contribution is 6.76. The van der Waals surface area contributed by atoms with Crippen LogP contribution in [0.15, 0.2) is 61.4 Å². The van der Waals surface area contributed by atoms with Crippen LogP contribution in [0.1, 0.15) is 70.6 Å². The largest absolute Gasteiger partial charge is 0.494 e. The molecule has 0 N–H and O–H groups in total. The number of fused-ring (bicyclic) bond motifs is 1. The number of rotatable bonds is 18. The average Bonchev–Trinajstić information content (AvgIpc) is 3.56. The van der Waals surface area contributed by atoms with Crippen LogP contribution in [0.25, 0.3) is 33.8 Å². The molecule has 12 heteroatoms. The minimum absolute atomic E-state index is 0.0495. The first-order valence-corrected chi connectivity index (χ1v) is 27.7. The van der Waals surface area contributed by atoms with Crippen LogP contribution in [0.4, 0.5) is 5.82 Å². The molecular weight excluding hydrogens is 735 g/mol. The third-order valence-electron chi connectivity index (χ3n) is 10.0. The fourth-order valence-electron chi connectivity index (χ4n) is 6.89. The molecule has 0 amide bonds. The lowest BCUT2D eigenvalue weighted by atomic mass is 9.79. The molecule has 1 aliphatic carbocycles. The second-order valence-electron chi connectivity index (χ2n) is 18.5. The van der Waals surface area contributed by atoms with Gasteiger partial charge in [-0.25, -0.2) is 4.98 Å². The van der Waals surface area contributed by atoms with Crippen LogP contribution < -0.4 is 4.90 Å². The fraction of sp³-hybridized carbons (Fsp3) is 0.545. The minimum atomic E-state index is -1.33. The summed E-state index contributed by atoms with van der Waals surface area (Å²) in [4.78, 5) is 25.6. The van der Waals surface area contributed by atoms with Gasteiger partial charge in [-0.1, -0.05) is 82.3 Å². The molecule has 0 unspecified atom stereocenters. The van der Waals surface area contributed by atoms with Crippen molar-refractivity contribution in [2.75, 3.05) is 38.2 Å². The molecule has 4 aromatic rings. The van der Waals surface area contributed by atoms with E-state index in [1.165, 1.54) is 0 Å². The van der Waals surface area contributed by atoms with Crippen molar-refractivity contribution in [2.24, 2.45) is 5.92 Å². The molecular formula is C44H65N5O5Si2. The van der Waals surface area contributed by atoms with Crippen LogP contribution in [0.3, 0.4) is 0 Å². The molecule has 1 aliphatic rings. The Morgan fingerprint density at radius 1 is 0.875 bits per heavy atom. The van der Waals surface area contributed by atoms with E-state index in [0.29, 0.717) is 57.5 Å². The topological polar surface area (TPSA) is 100 Å². The number of benzene rings is 1. The lowest BCUT2D eigenvalue weighted by molar-refractivity contribution is -0.161. The second kappa shape index (κ2) is 18.6. The molecule has 0 saturated heterocycles. The summed E-state index contributed by atoms with van der Waals surface area (Å²) in [6.45, 7) is 28.8. The molecule has 0 bridgehead atoms. The van der Waals surface area contributed by atoms with Gasteiger partial charge in [-0.2, -0.15) is 9.61 Å². The van der Waals surface area contributed by atoms with Gasteiger partial charge in [0, 0.05) is 58.2 Å². The lowest BCUT2D eigenvalue weighted by Gasteiger charge is -2.33. The number of esters is 1. The SMILES string of the molecule is C=C(OCC)c1c(N(COCC[Si](C)(C)C)COCC[Si](C)(C)C)n2ncc(-c3ccc(-c4ccccc4)nc3)c2nc1[C@H]1CC[C@H](C(=O)OC(C)(C)C)CC1. The number of ether oxygens (including phenoxy) is 4. The molecule has 0 aliphatic heterocycles. The van der Waals surface area contributed by atoms with Crippen molar-refractivity contribution in [3.05, 3.63) is 72.7 Å². The van der Waals surface area contributed by atoms with Crippen LogP contribution in [-0.2, 0) is 23.7 Å². The Morgan fingerprint density at radius 2 is 1.50 bits per heavy atom. The summed E-state index contributed by atoms with van der Waals surface area (Å²) in [5.74, 6) is 1.08. The third-order valence-corrected chi connectivity index (χ3v) is 13.4. The van der Waals surface area contributed by atoms with Crippen molar-refractivity contribution in [1.29, 1.82) is 0 Å². The van der Waals surface area contributed by atoms with Crippen molar-refractivity contribution in [3.63, 3.8) is 0 Å². The van der Waals surface area contributed by atoms with Gasteiger partial charge in [0.25, 0.3) is 0 Å². The number of carbonyl (C=O) groups is 1. The van der Waals surface area contributed by atoms with Crippen molar-refractivity contribution in [3.8, 4) is 22.4 Å². The standard InChI is InChI=1S/C44H65N5O5Si2/c1-12-53-32(2)39-40(34-18-20-35(21-19-34)43(50)54-44(3,4)5)47-41-37(36-22-23-38(45-28-36)33-16-14-13-15-17-33)29-46-49(41)42(39)48(30-51-24-26-55(6,7)8)31-52-25-27-56(9,10)11/h13-17,22-23,28-29,34-35H,2,12,18-21,24-27,30-31H2,1,3-11H3/t34-,35-. The van der Waals surface area contributed by atoms with Crippen molar-refractivity contribution < 1.29 is 23.7 Å². The quantitative estimate of drug-likeness (QED) is 0.0320. The van der Waals surface area contributed by atoms with Gasteiger partial charge in [-0.15, -0.1) is 0 Å². The Morgan fingerprint density at radius 3 is 2.04 bits per heavy atom. The van der Waals surface area contributed by atoms with E-state index in [-0.39, 0.29) is 17.8 Å². The molecule has 1 fully saturated rings. The number of aromatic nitrogens is 4. The van der Waals surface area contributed by atoms with E-state index in [2.05, 4.69) is 69.0 Å². The Balaban J connectivity index is 1.63. The Bertz CT molecular complexity index is 1880. The average molecular weight is 800 g/mol. The van der Waals surface area contributed by atoms with Gasteiger partial charge in [0.05, 0.1) is 35.7 Å². The monoisotopic (exact) mass is 799 g/mol. The molecule has 5 rings (SSSR count). The van der Waals surface area contributed by atoms with Gasteiger partial charge in [0.15, 0.2) is 5.65 Å². The fourth-order valence-corrected chi connectivity index (χ4v) is 8.40. The number of hydrogen-bond donors (Lipinski definition) is 0. The molecule has 1 saturated carbocycles. The first kappa shape index (κ1) is 43.3. The van der Waals surface area contributed by atoms with Crippen LogP contribution >= 0.6 is 0 Å². The third kappa shape index (κ3) is 11.8. The van der Waals surface area contributed by atoms with E-state index >= 15 is 0 Å². The first-order chi connectivity index (χ1) is 26.4. The summed E-state index contributed by atoms with van der Waals surface area (Å²) < 4.78 is 26.9. The molecule has 10 nitrogen and oxygen atoms in total. The zero-order valence-electron chi connectivity index (χ0n) is 35.6. The predicted octanol–water partition coefficient (Wildman–Crippen LogP) is 10.5. The van der Waals surface area contributed by atoms with Gasteiger partial charge in [0.2, 0.25) is 0 Å². The predicted molar refractivity (Wildman–Crippen MR) is 233 cm³/mol. The Hall–Kier alpha value is -3.85. The number of anilines is 1. The maximum Gasteiger partial charge on any atom is 0.309 e. The first-order valence-electron chi connectivity index (χ1n) is 20.3. The summed E-state index contributed by atoms with van der Waals surface area (Å²) in [5, 5.41) is 5.02. The van der Waals surface area contributed by atoms with E-state index in [0.717, 1.165) is 64.4 Å². The summed E-state index contributed by atoms with van der Waals surface area (Å²) in [6, 6.07) is 16.4. The zero-order chi connectivity index (χ0) is 40.7. The Kier molecular flexibility index (Phi) is 14.4. The van der Waals surface area contributed by atoms with E-state index in [1.807, 2.05) is 68.9 Å². The molecule has 3 aromatic heterocycles. The maximum absolute atomic E-state index is 13.2. The number of nitrogens with zero attached hydrogens (tertiary/aromatic N) is 5. The van der Waals surface area contributed by atoms with Gasteiger partial charge in [-0.05, 0) is 71.5 Å². The van der Waals surface area contributed by atoms with Gasteiger partial charge in [0.1, 0.15) is 30.6 Å². The number of pyridine rings is 1. The zero-order valence-corrected chi connectivity index (χ0v) is 37.6. The highest BCUT2D eigenvalue weighted by Gasteiger charge is 2.35. The van der Waals surface area contributed by atoms with Gasteiger partial charge < -0.3 is 23.8 Å². The normalized spacial score (nSPS) is 16.5. The number of carbonyl (C=O) groups excluding carboxylic acids is 1. The summed E-state index contributed by atoms with van der Waals surface area (Å²) >= 11 is 0. The van der Waals surface area contributed by atoms with E-state index in [4.69, 9.17) is 34.0 Å². The van der Waals surface area contributed by atoms with Gasteiger partial charge in [-0.3, -0.25) is 9.78 Å². The van der Waals surface area contributed by atoms with Crippen molar-refractivity contribution in [1.82, 2.24) is 19.6 Å². The van der Waals surface area contributed by atoms with Crippen LogP contribution in [0.5, 0.6) is 0 Å². The van der Waals surface area contributed by atoms with Crippen molar-refractivity contribution >= 4 is 39.3 Å². The molecule has 3 heterocycles. The summed E-state index contributed by atoms with van der Waals surface area (Å²) in [6.07, 6.45) is 6.74. The van der Waals surface area contributed by atoms with Crippen LogP contribution in [0.2, 0.25) is 51.4 Å². The van der Waals surface area contributed by atoms with E-state index < -0.39 is 21.7 Å². The number of hydrogen-bond acceptors (Lipinski definition) is 9. The highest BCUT2D eigenvalue weighted by atomic mass is 28.3. The Labute approximate surface area is 337 Å². The molecule has 304 valence electrons. The minimum Gasteiger partial charge on any atom is -0.494 e. The molecule has 0 spiro atoms. The van der Waals surface area contributed by atoms with E-state index in [1.54, 1.807) is 0 Å².